The summed E-state index contributed by atoms with van der Waals surface area (Å²) in [6.45, 7) is 6.70. The van der Waals surface area contributed by atoms with Crippen molar-refractivity contribution in [2.75, 3.05) is 19.6 Å². The minimum absolute atomic E-state index is 0.0610. The zero-order valence-corrected chi connectivity index (χ0v) is 16.7. The van der Waals surface area contributed by atoms with Gasteiger partial charge in [0.15, 0.2) is 0 Å². The highest BCUT2D eigenvalue weighted by Crippen LogP contribution is 2.18. The molecule has 0 spiro atoms. The van der Waals surface area contributed by atoms with Gasteiger partial charge in [-0.15, -0.1) is 22.7 Å². The maximum atomic E-state index is 12.3. The molecular formula is C18H24N4O2S2. The zero-order chi connectivity index (χ0) is 18.5. The standard InChI is InChI=1S/C18H24N4O2S2/c1-12-13(2)26-17(21-12)5-6-19-16(23)10-15-18(24)20-7-8-22(15)11-14-4-3-9-25-14/h3-4,9,15H,5-8,10-11H2,1-2H3,(H,19,23)(H,20,24)/t15-/m1/s1. The number of aromatic nitrogens is 1. The number of aryl methyl sites for hydroxylation is 2. The molecule has 8 heteroatoms. The normalized spacial score (nSPS) is 17.9. The van der Waals surface area contributed by atoms with Crippen LogP contribution in [0.5, 0.6) is 0 Å². The van der Waals surface area contributed by atoms with E-state index in [1.54, 1.807) is 22.7 Å². The number of hydrogen-bond donors (Lipinski definition) is 2. The van der Waals surface area contributed by atoms with Crippen LogP contribution in [0.3, 0.4) is 0 Å². The Bertz CT molecular complexity index is 738. The predicted octanol–water partition coefficient (Wildman–Crippen LogP) is 1.87. The van der Waals surface area contributed by atoms with Crippen LogP contribution in [0, 0.1) is 13.8 Å². The summed E-state index contributed by atoms with van der Waals surface area (Å²) in [6.07, 6.45) is 0.911. The van der Waals surface area contributed by atoms with Crippen LogP contribution in [0.25, 0.3) is 0 Å². The van der Waals surface area contributed by atoms with Gasteiger partial charge in [-0.2, -0.15) is 0 Å². The first-order valence-electron chi connectivity index (χ1n) is 8.76. The molecular weight excluding hydrogens is 368 g/mol. The quantitative estimate of drug-likeness (QED) is 0.754. The summed E-state index contributed by atoms with van der Waals surface area (Å²) in [5.74, 6) is -0.151. The van der Waals surface area contributed by atoms with Gasteiger partial charge in [0.2, 0.25) is 11.8 Å². The van der Waals surface area contributed by atoms with Gasteiger partial charge >= 0.3 is 0 Å². The van der Waals surface area contributed by atoms with Crippen molar-refractivity contribution in [3.8, 4) is 0 Å². The number of nitrogens with one attached hydrogen (secondary N) is 2. The first-order valence-corrected chi connectivity index (χ1v) is 10.5. The summed E-state index contributed by atoms with van der Waals surface area (Å²) in [7, 11) is 0. The smallest absolute Gasteiger partial charge is 0.237 e. The van der Waals surface area contributed by atoms with E-state index in [2.05, 4.69) is 33.5 Å². The van der Waals surface area contributed by atoms with Crippen molar-refractivity contribution in [3.63, 3.8) is 0 Å². The number of rotatable bonds is 7. The Morgan fingerprint density at radius 2 is 2.31 bits per heavy atom. The molecule has 0 radical (unpaired) electrons. The van der Waals surface area contributed by atoms with Crippen LogP contribution in [0.1, 0.15) is 26.9 Å². The highest BCUT2D eigenvalue weighted by molar-refractivity contribution is 7.11. The van der Waals surface area contributed by atoms with Crippen LogP contribution < -0.4 is 10.6 Å². The fourth-order valence-corrected chi connectivity index (χ4v) is 4.64. The van der Waals surface area contributed by atoms with E-state index in [-0.39, 0.29) is 18.2 Å². The van der Waals surface area contributed by atoms with Gasteiger partial charge in [0, 0.05) is 42.4 Å². The SMILES string of the molecule is Cc1nc(CCNC(=O)C[C@@H]2C(=O)NCCN2Cc2cccs2)sc1C. The molecule has 140 valence electrons. The molecule has 1 saturated heterocycles. The summed E-state index contributed by atoms with van der Waals surface area (Å²) in [5.41, 5.74) is 1.06. The Hall–Kier alpha value is -1.77. The molecule has 2 aromatic heterocycles. The van der Waals surface area contributed by atoms with Crippen molar-refractivity contribution >= 4 is 34.5 Å². The fraction of sp³-hybridized carbons (Fsp3) is 0.500. The minimum atomic E-state index is -0.407. The lowest BCUT2D eigenvalue weighted by Gasteiger charge is -2.34. The van der Waals surface area contributed by atoms with E-state index in [1.807, 2.05) is 18.4 Å². The van der Waals surface area contributed by atoms with E-state index < -0.39 is 6.04 Å². The molecule has 0 unspecified atom stereocenters. The summed E-state index contributed by atoms with van der Waals surface area (Å²) in [4.78, 5) is 33.6. The first kappa shape index (κ1) is 19.0. The highest BCUT2D eigenvalue weighted by Gasteiger charge is 2.31. The lowest BCUT2D eigenvalue weighted by molar-refractivity contribution is -0.134. The van der Waals surface area contributed by atoms with E-state index >= 15 is 0 Å². The number of thiazole rings is 1. The van der Waals surface area contributed by atoms with Crippen molar-refractivity contribution in [2.45, 2.75) is 39.3 Å². The molecule has 0 bridgehead atoms. The number of hydrogen-bond acceptors (Lipinski definition) is 6. The largest absolute Gasteiger partial charge is 0.356 e. The monoisotopic (exact) mass is 392 g/mol. The van der Waals surface area contributed by atoms with Gasteiger partial charge in [-0.1, -0.05) is 6.07 Å². The van der Waals surface area contributed by atoms with E-state index in [4.69, 9.17) is 0 Å². The van der Waals surface area contributed by atoms with Gasteiger partial charge in [-0.05, 0) is 25.3 Å². The Kier molecular flexibility index (Phi) is 6.39. The molecule has 1 atom stereocenters. The molecule has 1 aliphatic heterocycles. The third-order valence-electron chi connectivity index (χ3n) is 4.49. The number of nitrogens with zero attached hydrogens (tertiary/aromatic N) is 2. The summed E-state index contributed by atoms with van der Waals surface area (Å²) >= 11 is 3.34. The van der Waals surface area contributed by atoms with Crippen LogP contribution >= 0.6 is 22.7 Å². The second kappa shape index (κ2) is 8.75. The number of amides is 2. The number of piperazine rings is 1. The molecule has 1 fully saturated rings. The van der Waals surface area contributed by atoms with Gasteiger partial charge in [0.25, 0.3) is 0 Å². The minimum Gasteiger partial charge on any atom is -0.356 e. The second-order valence-corrected chi connectivity index (χ2v) is 8.73. The van der Waals surface area contributed by atoms with Crippen molar-refractivity contribution in [3.05, 3.63) is 38.0 Å². The van der Waals surface area contributed by atoms with Crippen LogP contribution in [0.15, 0.2) is 17.5 Å². The molecule has 26 heavy (non-hydrogen) atoms. The van der Waals surface area contributed by atoms with E-state index in [1.165, 1.54) is 9.75 Å². The highest BCUT2D eigenvalue weighted by atomic mass is 32.1. The maximum Gasteiger partial charge on any atom is 0.237 e. The molecule has 1 aliphatic rings. The van der Waals surface area contributed by atoms with Crippen molar-refractivity contribution < 1.29 is 9.59 Å². The van der Waals surface area contributed by atoms with Gasteiger partial charge in [-0.25, -0.2) is 4.98 Å². The van der Waals surface area contributed by atoms with Gasteiger partial charge in [-0.3, -0.25) is 14.5 Å². The van der Waals surface area contributed by atoms with Gasteiger partial charge in [0.05, 0.1) is 23.2 Å². The predicted molar refractivity (Wildman–Crippen MR) is 104 cm³/mol. The van der Waals surface area contributed by atoms with Crippen LogP contribution in [-0.4, -0.2) is 47.4 Å². The average molecular weight is 393 g/mol. The number of carbonyl (C=O) groups excluding carboxylic acids is 2. The van der Waals surface area contributed by atoms with Crippen molar-refractivity contribution in [1.29, 1.82) is 0 Å². The molecule has 0 aliphatic carbocycles. The molecule has 2 amide bonds. The molecule has 0 aromatic carbocycles. The first-order chi connectivity index (χ1) is 12.5. The zero-order valence-electron chi connectivity index (χ0n) is 15.1. The van der Waals surface area contributed by atoms with Gasteiger partial charge < -0.3 is 10.6 Å². The third kappa shape index (κ3) is 4.90. The van der Waals surface area contributed by atoms with E-state index in [0.717, 1.165) is 23.7 Å². The molecule has 2 N–H and O–H groups in total. The van der Waals surface area contributed by atoms with Crippen molar-refractivity contribution in [2.24, 2.45) is 0 Å². The van der Waals surface area contributed by atoms with Crippen LogP contribution in [0.2, 0.25) is 0 Å². The Labute approximate surface area is 161 Å². The lowest BCUT2D eigenvalue weighted by Crippen LogP contribution is -2.56. The Balaban J connectivity index is 1.51. The molecule has 3 rings (SSSR count). The average Bonchev–Trinajstić information content (AvgIpc) is 3.21. The summed E-state index contributed by atoms with van der Waals surface area (Å²) in [6, 6.07) is 3.66. The van der Waals surface area contributed by atoms with Crippen LogP contribution in [-0.2, 0) is 22.6 Å². The molecule has 2 aromatic rings. The van der Waals surface area contributed by atoms with E-state index in [0.29, 0.717) is 19.6 Å². The Morgan fingerprint density at radius 3 is 3.00 bits per heavy atom. The molecule has 0 saturated carbocycles. The van der Waals surface area contributed by atoms with E-state index in [9.17, 15) is 9.59 Å². The number of carbonyl (C=O) groups is 2. The van der Waals surface area contributed by atoms with Crippen molar-refractivity contribution in [1.82, 2.24) is 20.5 Å². The number of thiophene rings is 1. The second-order valence-electron chi connectivity index (χ2n) is 6.41. The summed E-state index contributed by atoms with van der Waals surface area (Å²) < 4.78 is 0. The van der Waals surface area contributed by atoms with Gasteiger partial charge in [0.1, 0.15) is 0 Å². The van der Waals surface area contributed by atoms with Crippen LogP contribution in [0.4, 0.5) is 0 Å². The Morgan fingerprint density at radius 1 is 1.46 bits per heavy atom. The summed E-state index contributed by atoms with van der Waals surface area (Å²) in [5, 5.41) is 8.87. The topological polar surface area (TPSA) is 74.3 Å². The molecule has 3 heterocycles. The molecule has 6 nitrogen and oxygen atoms in total. The fourth-order valence-electron chi connectivity index (χ4n) is 2.98. The third-order valence-corrected chi connectivity index (χ3v) is 6.49. The lowest BCUT2D eigenvalue weighted by atomic mass is 10.1. The maximum absolute atomic E-state index is 12.3.